The lowest BCUT2D eigenvalue weighted by atomic mass is 9.99. The van der Waals surface area contributed by atoms with Crippen LogP contribution < -0.4 is 5.32 Å². The summed E-state index contributed by atoms with van der Waals surface area (Å²) in [5.74, 6) is -0.332. The Bertz CT molecular complexity index is 765. The Kier molecular flexibility index (Phi) is 4.09. The lowest BCUT2D eigenvalue weighted by Gasteiger charge is -2.37. The number of carbonyl (C=O) groups excluding carboxylic acids is 2. The number of benzene rings is 1. The van der Waals surface area contributed by atoms with Gasteiger partial charge < -0.3 is 10.2 Å². The maximum absolute atomic E-state index is 12.5. The zero-order valence-corrected chi connectivity index (χ0v) is 13.7. The smallest absolute Gasteiger partial charge is 0.274 e. The maximum Gasteiger partial charge on any atom is 0.274 e. The molecule has 1 aromatic carbocycles. The fraction of sp³-hybridized carbons (Fsp3) is 0.312. The summed E-state index contributed by atoms with van der Waals surface area (Å²) < 4.78 is 1.66. The van der Waals surface area contributed by atoms with Gasteiger partial charge in [0.1, 0.15) is 0 Å². The van der Waals surface area contributed by atoms with Crippen molar-refractivity contribution in [1.29, 1.82) is 0 Å². The zero-order chi connectivity index (χ0) is 16.6. The molecule has 0 unspecified atom stereocenters. The third-order valence-corrected chi connectivity index (χ3v) is 4.29. The summed E-state index contributed by atoms with van der Waals surface area (Å²) in [7, 11) is 1.60. The van der Waals surface area contributed by atoms with Crippen molar-refractivity contribution in [1.82, 2.24) is 20.0 Å². The van der Waals surface area contributed by atoms with Crippen LogP contribution in [0.15, 0.2) is 30.3 Å². The minimum atomic E-state index is -0.168. The van der Waals surface area contributed by atoms with E-state index in [-0.39, 0.29) is 17.7 Å². The summed E-state index contributed by atoms with van der Waals surface area (Å²) in [5.41, 5.74) is 1.92. The fourth-order valence-electron chi connectivity index (χ4n) is 2.62. The molecule has 120 valence electrons. The number of likely N-dealkylation sites (tertiary alicyclic amines) is 1. The van der Waals surface area contributed by atoms with Crippen LogP contribution in [-0.4, -0.2) is 46.6 Å². The third kappa shape index (κ3) is 2.82. The van der Waals surface area contributed by atoms with Crippen molar-refractivity contribution < 1.29 is 9.59 Å². The van der Waals surface area contributed by atoms with Crippen molar-refractivity contribution in [3.63, 3.8) is 0 Å². The van der Waals surface area contributed by atoms with Gasteiger partial charge in [-0.05, 0) is 25.1 Å². The van der Waals surface area contributed by atoms with Crippen molar-refractivity contribution in [3.05, 3.63) is 46.7 Å². The van der Waals surface area contributed by atoms with Crippen LogP contribution in [0.5, 0.6) is 0 Å². The van der Waals surface area contributed by atoms with E-state index < -0.39 is 0 Å². The molecular formula is C16H17ClN4O2. The number of rotatable bonds is 3. The second-order valence-electron chi connectivity index (χ2n) is 5.56. The van der Waals surface area contributed by atoms with Crippen LogP contribution in [0.3, 0.4) is 0 Å². The van der Waals surface area contributed by atoms with E-state index in [0.717, 1.165) is 11.4 Å². The molecule has 2 aromatic rings. The van der Waals surface area contributed by atoms with E-state index in [4.69, 9.17) is 11.6 Å². The first kappa shape index (κ1) is 15.6. The highest BCUT2D eigenvalue weighted by molar-refractivity contribution is 6.32. The van der Waals surface area contributed by atoms with Crippen molar-refractivity contribution in [2.45, 2.75) is 6.92 Å². The van der Waals surface area contributed by atoms with Crippen molar-refractivity contribution >= 4 is 23.4 Å². The lowest BCUT2D eigenvalue weighted by molar-refractivity contribution is -0.128. The number of aromatic nitrogens is 2. The molecule has 6 nitrogen and oxygen atoms in total. The second-order valence-corrected chi connectivity index (χ2v) is 5.96. The number of nitrogens with zero attached hydrogens (tertiary/aromatic N) is 3. The molecule has 1 fully saturated rings. The van der Waals surface area contributed by atoms with Crippen LogP contribution in [-0.2, 0) is 4.79 Å². The number of halogens is 1. The van der Waals surface area contributed by atoms with Crippen molar-refractivity contribution in [2.24, 2.45) is 5.92 Å². The predicted molar refractivity (Wildman–Crippen MR) is 86.8 cm³/mol. The van der Waals surface area contributed by atoms with Gasteiger partial charge in [0.05, 0.1) is 16.6 Å². The lowest BCUT2D eigenvalue weighted by Crippen LogP contribution is -2.55. The van der Waals surface area contributed by atoms with E-state index in [1.165, 1.54) is 0 Å². The van der Waals surface area contributed by atoms with E-state index in [9.17, 15) is 9.59 Å². The number of para-hydroxylation sites is 1. The Morgan fingerprint density at radius 2 is 2.00 bits per heavy atom. The van der Waals surface area contributed by atoms with Crippen LogP contribution in [0, 0.1) is 12.8 Å². The molecule has 2 amide bonds. The summed E-state index contributed by atoms with van der Waals surface area (Å²) in [6.07, 6.45) is 0. The number of hydrogen-bond donors (Lipinski definition) is 1. The quantitative estimate of drug-likeness (QED) is 0.929. The maximum atomic E-state index is 12.5. The molecule has 0 aliphatic carbocycles. The van der Waals surface area contributed by atoms with Gasteiger partial charge in [0.15, 0.2) is 5.69 Å². The molecule has 0 radical (unpaired) electrons. The topological polar surface area (TPSA) is 67.2 Å². The zero-order valence-electron chi connectivity index (χ0n) is 12.9. The Morgan fingerprint density at radius 3 is 2.65 bits per heavy atom. The first-order valence-corrected chi connectivity index (χ1v) is 7.71. The van der Waals surface area contributed by atoms with E-state index in [1.807, 2.05) is 25.1 Å². The molecule has 0 saturated carbocycles. The molecule has 1 aliphatic heterocycles. The molecule has 3 rings (SSSR count). The Labute approximate surface area is 139 Å². The van der Waals surface area contributed by atoms with E-state index in [0.29, 0.717) is 23.8 Å². The van der Waals surface area contributed by atoms with Gasteiger partial charge in [-0.2, -0.15) is 5.10 Å². The van der Waals surface area contributed by atoms with Gasteiger partial charge in [-0.25, -0.2) is 4.68 Å². The van der Waals surface area contributed by atoms with Gasteiger partial charge in [0.2, 0.25) is 5.91 Å². The van der Waals surface area contributed by atoms with E-state index >= 15 is 0 Å². The summed E-state index contributed by atoms with van der Waals surface area (Å²) in [6, 6.07) is 9.08. The molecule has 1 aromatic heterocycles. The third-order valence-electron chi connectivity index (χ3n) is 3.97. The monoisotopic (exact) mass is 332 g/mol. The average Bonchev–Trinajstić information content (AvgIpc) is 2.87. The van der Waals surface area contributed by atoms with Crippen molar-refractivity contribution in [3.8, 4) is 5.69 Å². The van der Waals surface area contributed by atoms with Gasteiger partial charge >= 0.3 is 0 Å². The standard InChI is InChI=1S/C16H17ClN4O2/c1-10-7-13(16(23)20-8-11(9-20)15(22)18-2)19-21(10)14-6-4-3-5-12(14)17/h3-7,11H,8-9H2,1-2H3,(H,18,22). The van der Waals surface area contributed by atoms with Crippen LogP contribution in [0.4, 0.5) is 0 Å². The van der Waals surface area contributed by atoms with E-state index in [2.05, 4.69) is 10.4 Å². The number of nitrogens with one attached hydrogen (secondary N) is 1. The number of aryl methyl sites for hydroxylation is 1. The SMILES string of the molecule is CNC(=O)C1CN(C(=O)c2cc(C)n(-c3ccccc3Cl)n2)C1. The molecular weight excluding hydrogens is 316 g/mol. The Hall–Kier alpha value is -2.34. The van der Waals surface area contributed by atoms with E-state index in [1.54, 1.807) is 28.8 Å². The summed E-state index contributed by atoms with van der Waals surface area (Å²) in [5, 5.41) is 7.54. The predicted octanol–water partition coefficient (Wildman–Crippen LogP) is 1.65. The Balaban J connectivity index is 1.78. The van der Waals surface area contributed by atoms with Gasteiger partial charge in [-0.15, -0.1) is 0 Å². The van der Waals surface area contributed by atoms with Crippen LogP contribution in [0.1, 0.15) is 16.2 Å². The van der Waals surface area contributed by atoms with Gasteiger partial charge in [-0.1, -0.05) is 23.7 Å². The molecule has 2 heterocycles. The normalized spacial score (nSPS) is 14.5. The molecule has 0 bridgehead atoms. The number of amides is 2. The largest absolute Gasteiger partial charge is 0.359 e. The van der Waals surface area contributed by atoms with Crippen LogP contribution in [0.25, 0.3) is 5.69 Å². The Morgan fingerprint density at radius 1 is 1.30 bits per heavy atom. The molecule has 0 atom stereocenters. The van der Waals surface area contributed by atoms with Crippen molar-refractivity contribution in [2.75, 3.05) is 20.1 Å². The molecule has 1 saturated heterocycles. The minimum Gasteiger partial charge on any atom is -0.359 e. The fourth-order valence-corrected chi connectivity index (χ4v) is 2.84. The van der Waals surface area contributed by atoms with Gasteiger partial charge in [-0.3, -0.25) is 9.59 Å². The minimum absolute atomic E-state index is 0.0353. The molecule has 23 heavy (non-hydrogen) atoms. The highest BCUT2D eigenvalue weighted by Gasteiger charge is 2.36. The molecule has 1 aliphatic rings. The van der Waals surface area contributed by atoms with Gasteiger partial charge in [0.25, 0.3) is 5.91 Å². The van der Waals surface area contributed by atoms with Crippen LogP contribution >= 0.6 is 11.6 Å². The highest BCUT2D eigenvalue weighted by atomic mass is 35.5. The summed E-state index contributed by atoms with van der Waals surface area (Å²) >= 11 is 6.19. The highest BCUT2D eigenvalue weighted by Crippen LogP contribution is 2.23. The molecule has 0 spiro atoms. The number of carbonyl (C=O) groups is 2. The average molecular weight is 333 g/mol. The van der Waals surface area contributed by atoms with Crippen LogP contribution in [0.2, 0.25) is 5.02 Å². The first-order valence-electron chi connectivity index (χ1n) is 7.33. The first-order chi connectivity index (χ1) is 11.0. The summed E-state index contributed by atoms with van der Waals surface area (Å²) in [6.45, 7) is 2.73. The number of hydrogen-bond acceptors (Lipinski definition) is 3. The second kappa shape index (κ2) is 6.04. The van der Waals surface area contributed by atoms with Gasteiger partial charge in [0, 0.05) is 25.8 Å². The molecule has 1 N–H and O–H groups in total. The molecule has 7 heteroatoms. The summed E-state index contributed by atoms with van der Waals surface area (Å²) in [4.78, 5) is 25.6.